The Hall–Kier alpha value is 0.570. The van der Waals surface area contributed by atoms with E-state index in [1.807, 2.05) is 0 Å². The fourth-order valence-electron chi connectivity index (χ4n) is 8.14. The lowest BCUT2D eigenvalue weighted by Gasteiger charge is -2.60. The summed E-state index contributed by atoms with van der Waals surface area (Å²) in [6.45, 7) is 14.6. The third kappa shape index (κ3) is 2.14. The molecule has 0 N–H and O–H groups in total. The molecule has 4 rings (SSSR count). The molecular formula is C22H39IN2O2. The van der Waals surface area contributed by atoms with Gasteiger partial charge in [-0.3, -0.25) is 9.68 Å². The Balaban J connectivity index is 1.98. The van der Waals surface area contributed by atoms with Gasteiger partial charge in [0.25, 0.3) is 0 Å². The molecule has 4 aliphatic rings. The predicted molar refractivity (Wildman–Crippen MR) is 118 cm³/mol. The predicted octanol–water partition coefficient (Wildman–Crippen LogP) is 5.06. The fourth-order valence-corrected chi connectivity index (χ4v) is 9.62. The minimum Gasteiger partial charge on any atom is -0.295 e. The highest BCUT2D eigenvalue weighted by atomic mass is 127. The lowest BCUT2D eigenvalue weighted by atomic mass is 9.49. The average Bonchev–Trinajstić information content (AvgIpc) is 3.19. The van der Waals surface area contributed by atoms with E-state index in [1.54, 1.807) is 0 Å². The monoisotopic (exact) mass is 490 g/mol. The number of hydroxylamine groups is 4. The van der Waals surface area contributed by atoms with Gasteiger partial charge in [0.1, 0.15) is 0 Å². The first kappa shape index (κ1) is 20.8. The molecule has 2 aliphatic heterocycles. The first-order valence-corrected chi connectivity index (χ1v) is 12.1. The molecule has 1 spiro atoms. The van der Waals surface area contributed by atoms with Crippen molar-refractivity contribution in [2.24, 2.45) is 22.7 Å². The van der Waals surface area contributed by atoms with Gasteiger partial charge in [-0.05, 0) is 49.9 Å². The van der Waals surface area contributed by atoms with E-state index in [-0.39, 0.29) is 32.0 Å². The molecule has 27 heavy (non-hydrogen) atoms. The normalized spacial score (nSPS) is 56.2. The van der Waals surface area contributed by atoms with Crippen molar-refractivity contribution in [3.8, 4) is 0 Å². The molecule has 5 heteroatoms. The standard InChI is InChI=1S/C22H39IN2O2/c1-9-20-11-10-12-21(20)22(23,14(2)3)17(26-25(21)8)13-19(6)16(5)24(7)27-18(19)15(20)4/h14-18H,9-13H2,1-8H3/t15-,16?,17+,18-,19-,20?,21-,22?/m0/s1. The first-order chi connectivity index (χ1) is 12.5. The van der Waals surface area contributed by atoms with Crippen LogP contribution < -0.4 is 0 Å². The minimum absolute atomic E-state index is 0.0860. The Morgan fingerprint density at radius 2 is 1.81 bits per heavy atom. The summed E-state index contributed by atoms with van der Waals surface area (Å²) in [5, 5.41) is 4.48. The molecule has 4 nitrogen and oxygen atoms in total. The van der Waals surface area contributed by atoms with Gasteiger partial charge in [0.05, 0.1) is 21.2 Å². The molecule has 0 amide bonds. The number of hydrogen-bond acceptors (Lipinski definition) is 4. The fraction of sp³-hybridized carbons (Fsp3) is 1.00. The Bertz CT molecular complexity index is 617. The van der Waals surface area contributed by atoms with Crippen LogP contribution in [0.15, 0.2) is 0 Å². The van der Waals surface area contributed by atoms with E-state index in [0.717, 1.165) is 6.42 Å². The van der Waals surface area contributed by atoms with Gasteiger partial charge in [-0.1, -0.05) is 63.6 Å². The molecule has 3 unspecified atom stereocenters. The lowest BCUT2D eigenvalue weighted by molar-refractivity contribution is -0.213. The maximum Gasteiger partial charge on any atom is 0.0967 e. The summed E-state index contributed by atoms with van der Waals surface area (Å²) < 4.78 is 0.120. The second kappa shape index (κ2) is 6.29. The molecule has 8 atom stereocenters. The van der Waals surface area contributed by atoms with Crippen LogP contribution in [0.5, 0.6) is 0 Å². The molecule has 0 aromatic heterocycles. The number of nitrogens with zero attached hydrogens (tertiary/aromatic N) is 2. The van der Waals surface area contributed by atoms with Gasteiger partial charge in [-0.15, -0.1) is 0 Å². The SMILES string of the molecule is CCC12CCC[C@]13N(C)O[C@H](C[C@@]1(C)C(C)N(C)O[C@H]1[C@@H]2C)C3(I)C(C)C. The zero-order chi connectivity index (χ0) is 20.0. The Labute approximate surface area is 179 Å². The van der Waals surface area contributed by atoms with Crippen LogP contribution in [-0.4, -0.2) is 51.4 Å². The largest absolute Gasteiger partial charge is 0.295 e. The van der Waals surface area contributed by atoms with Gasteiger partial charge in [0.15, 0.2) is 0 Å². The van der Waals surface area contributed by atoms with Gasteiger partial charge >= 0.3 is 0 Å². The summed E-state index contributed by atoms with van der Waals surface area (Å²) in [5.74, 6) is 1.07. The second-order valence-corrected chi connectivity index (χ2v) is 12.3. The quantitative estimate of drug-likeness (QED) is 0.399. The summed E-state index contributed by atoms with van der Waals surface area (Å²) in [6, 6.07) is 0.398. The van der Waals surface area contributed by atoms with Gasteiger partial charge in [0, 0.05) is 25.6 Å². The van der Waals surface area contributed by atoms with E-state index in [4.69, 9.17) is 9.68 Å². The van der Waals surface area contributed by atoms with E-state index < -0.39 is 0 Å². The zero-order valence-electron chi connectivity index (χ0n) is 18.5. The van der Waals surface area contributed by atoms with Crippen molar-refractivity contribution in [1.29, 1.82) is 0 Å². The van der Waals surface area contributed by atoms with E-state index in [1.165, 1.54) is 25.7 Å². The second-order valence-electron chi connectivity index (χ2n) is 10.5. The molecule has 0 aromatic carbocycles. The third-order valence-corrected chi connectivity index (χ3v) is 12.6. The van der Waals surface area contributed by atoms with Crippen molar-refractivity contribution >= 4 is 22.6 Å². The van der Waals surface area contributed by atoms with Crippen molar-refractivity contribution in [3.63, 3.8) is 0 Å². The minimum atomic E-state index is 0.0860. The molecule has 2 bridgehead atoms. The van der Waals surface area contributed by atoms with Crippen molar-refractivity contribution in [1.82, 2.24) is 10.1 Å². The Kier molecular flexibility index (Phi) is 4.85. The van der Waals surface area contributed by atoms with Crippen LogP contribution in [0.2, 0.25) is 0 Å². The van der Waals surface area contributed by atoms with E-state index in [9.17, 15) is 0 Å². The van der Waals surface area contributed by atoms with E-state index >= 15 is 0 Å². The average molecular weight is 490 g/mol. The maximum absolute atomic E-state index is 6.81. The van der Waals surface area contributed by atoms with Crippen LogP contribution in [-0.2, 0) is 9.68 Å². The Morgan fingerprint density at radius 3 is 2.41 bits per heavy atom. The number of halogens is 1. The summed E-state index contributed by atoms with van der Waals surface area (Å²) in [7, 11) is 4.36. The van der Waals surface area contributed by atoms with Crippen LogP contribution in [0.25, 0.3) is 0 Å². The molecule has 4 fully saturated rings. The summed E-state index contributed by atoms with van der Waals surface area (Å²) >= 11 is 2.85. The topological polar surface area (TPSA) is 24.9 Å². The molecular weight excluding hydrogens is 451 g/mol. The summed E-state index contributed by atoms with van der Waals surface area (Å²) in [4.78, 5) is 13.4. The van der Waals surface area contributed by atoms with Gasteiger partial charge in [-0.2, -0.15) is 10.1 Å². The van der Waals surface area contributed by atoms with Crippen molar-refractivity contribution in [2.75, 3.05) is 14.1 Å². The zero-order valence-corrected chi connectivity index (χ0v) is 20.7. The number of alkyl halides is 1. The number of fused-ring (bicyclic) bond motifs is 2. The number of hydrogen-bond donors (Lipinski definition) is 0. The molecule has 2 saturated heterocycles. The van der Waals surface area contributed by atoms with Crippen LogP contribution in [0.4, 0.5) is 0 Å². The van der Waals surface area contributed by atoms with Crippen molar-refractivity contribution in [2.45, 2.75) is 101 Å². The molecule has 2 aliphatic carbocycles. The van der Waals surface area contributed by atoms with Gasteiger partial charge < -0.3 is 0 Å². The molecule has 0 aromatic rings. The van der Waals surface area contributed by atoms with Crippen molar-refractivity contribution in [3.05, 3.63) is 0 Å². The molecule has 156 valence electrons. The highest BCUT2D eigenvalue weighted by Gasteiger charge is 2.78. The van der Waals surface area contributed by atoms with Crippen LogP contribution >= 0.6 is 22.6 Å². The van der Waals surface area contributed by atoms with E-state index in [2.05, 4.69) is 88.4 Å². The highest BCUT2D eigenvalue weighted by molar-refractivity contribution is 14.1. The highest BCUT2D eigenvalue weighted by Crippen LogP contribution is 2.72. The molecule has 2 heterocycles. The van der Waals surface area contributed by atoms with Crippen LogP contribution in [0.3, 0.4) is 0 Å². The third-order valence-electron chi connectivity index (χ3n) is 9.76. The smallest absolute Gasteiger partial charge is 0.0967 e. The molecule has 2 saturated carbocycles. The molecule has 0 radical (unpaired) electrons. The summed E-state index contributed by atoms with van der Waals surface area (Å²) in [6.07, 6.45) is 6.60. The van der Waals surface area contributed by atoms with E-state index in [0.29, 0.717) is 17.9 Å². The Morgan fingerprint density at radius 1 is 1.15 bits per heavy atom. The number of rotatable bonds is 2. The lowest BCUT2D eigenvalue weighted by Crippen LogP contribution is -2.70. The van der Waals surface area contributed by atoms with Crippen molar-refractivity contribution < 1.29 is 9.68 Å². The summed E-state index contributed by atoms with van der Waals surface area (Å²) in [5.41, 5.74) is 0.411. The van der Waals surface area contributed by atoms with Crippen LogP contribution in [0, 0.1) is 22.7 Å². The van der Waals surface area contributed by atoms with Gasteiger partial charge in [-0.25, -0.2) is 0 Å². The first-order valence-electron chi connectivity index (χ1n) is 11.0. The maximum atomic E-state index is 6.81. The van der Waals surface area contributed by atoms with Gasteiger partial charge in [0.2, 0.25) is 0 Å². The van der Waals surface area contributed by atoms with Crippen LogP contribution in [0.1, 0.15) is 73.6 Å².